The predicted molar refractivity (Wildman–Crippen MR) is 78.8 cm³/mol. The molecule has 2 aliphatic rings. The Bertz CT molecular complexity index is 415. The Kier molecular flexibility index (Phi) is 4.80. The minimum absolute atomic E-state index is 0.563. The summed E-state index contributed by atoms with van der Waals surface area (Å²) in [5.41, 5.74) is 8.01. The van der Waals surface area contributed by atoms with Crippen molar-refractivity contribution in [1.29, 1.82) is 0 Å². The number of nitrogens with zero attached hydrogens (tertiary/aromatic N) is 2. The summed E-state index contributed by atoms with van der Waals surface area (Å²) in [6.07, 6.45) is 8.27. The van der Waals surface area contributed by atoms with Crippen LogP contribution in [0.1, 0.15) is 19.8 Å². The summed E-state index contributed by atoms with van der Waals surface area (Å²) in [6.45, 7) is 9.18. The van der Waals surface area contributed by atoms with Gasteiger partial charge in [0.2, 0.25) is 0 Å². The van der Waals surface area contributed by atoms with E-state index in [0.29, 0.717) is 12.5 Å². The summed E-state index contributed by atoms with van der Waals surface area (Å²) in [5.74, 6) is 1.65. The Hall–Kier alpha value is -1.55. The van der Waals surface area contributed by atoms with Crippen LogP contribution in [0.2, 0.25) is 0 Å². The molecular weight excluding hydrogens is 238 g/mol. The first-order valence-electron chi connectivity index (χ1n) is 6.90. The van der Waals surface area contributed by atoms with Gasteiger partial charge in [-0.2, -0.15) is 0 Å². The third-order valence-electron chi connectivity index (χ3n) is 3.78. The molecule has 0 unspecified atom stereocenters. The molecule has 2 heterocycles. The Morgan fingerprint density at radius 1 is 1.53 bits per heavy atom. The van der Waals surface area contributed by atoms with Crippen LogP contribution in [0, 0.1) is 5.92 Å². The first-order chi connectivity index (χ1) is 9.24. The molecule has 0 saturated carbocycles. The molecule has 0 aliphatic carbocycles. The van der Waals surface area contributed by atoms with E-state index in [4.69, 9.17) is 10.6 Å². The lowest BCUT2D eigenvalue weighted by molar-refractivity contribution is 0.183. The third kappa shape index (κ3) is 3.47. The van der Waals surface area contributed by atoms with Crippen molar-refractivity contribution in [3.63, 3.8) is 0 Å². The van der Waals surface area contributed by atoms with Crippen LogP contribution in [-0.2, 0) is 4.84 Å². The van der Waals surface area contributed by atoms with E-state index in [1.807, 2.05) is 13.0 Å². The van der Waals surface area contributed by atoms with E-state index in [1.54, 1.807) is 0 Å². The largest absolute Gasteiger partial charge is 0.389 e. The highest BCUT2D eigenvalue weighted by atomic mass is 16.6. The van der Waals surface area contributed by atoms with Gasteiger partial charge in [-0.1, -0.05) is 35.5 Å². The molecule has 2 rings (SSSR count). The van der Waals surface area contributed by atoms with E-state index in [9.17, 15) is 0 Å². The number of amidine groups is 1. The molecule has 0 aromatic rings. The van der Waals surface area contributed by atoms with Crippen molar-refractivity contribution in [3.8, 4) is 0 Å². The molecule has 0 amide bonds. The van der Waals surface area contributed by atoms with Crippen molar-refractivity contribution in [1.82, 2.24) is 4.90 Å². The molecule has 0 radical (unpaired) electrons. The topological polar surface area (TPSA) is 50.8 Å². The van der Waals surface area contributed by atoms with Crippen LogP contribution < -0.4 is 5.73 Å². The number of piperidine rings is 1. The molecule has 0 spiro atoms. The molecule has 0 aromatic carbocycles. The van der Waals surface area contributed by atoms with Gasteiger partial charge in [0.05, 0.1) is 0 Å². The second-order valence-electron chi connectivity index (χ2n) is 5.16. The second kappa shape index (κ2) is 6.57. The monoisotopic (exact) mass is 261 g/mol. The van der Waals surface area contributed by atoms with Crippen molar-refractivity contribution in [3.05, 3.63) is 36.0 Å². The average molecular weight is 261 g/mol. The molecule has 2 aliphatic heterocycles. The lowest BCUT2D eigenvalue weighted by Crippen LogP contribution is -2.40. The van der Waals surface area contributed by atoms with Gasteiger partial charge >= 0.3 is 0 Å². The number of allylic oxidation sites excluding steroid dienone is 4. The van der Waals surface area contributed by atoms with Crippen molar-refractivity contribution < 1.29 is 4.84 Å². The lowest BCUT2D eigenvalue weighted by Gasteiger charge is -2.32. The highest BCUT2D eigenvalue weighted by Crippen LogP contribution is 2.21. The quantitative estimate of drug-likeness (QED) is 0.791. The van der Waals surface area contributed by atoms with Crippen LogP contribution in [0.5, 0.6) is 0 Å². The normalized spacial score (nSPS) is 23.5. The van der Waals surface area contributed by atoms with Gasteiger partial charge in [0.15, 0.2) is 5.84 Å². The van der Waals surface area contributed by atoms with Crippen LogP contribution in [-0.4, -0.2) is 37.0 Å². The number of rotatable bonds is 3. The van der Waals surface area contributed by atoms with E-state index in [1.165, 1.54) is 0 Å². The van der Waals surface area contributed by atoms with Crippen molar-refractivity contribution >= 4 is 5.84 Å². The van der Waals surface area contributed by atoms with Gasteiger partial charge in [0.25, 0.3) is 0 Å². The fourth-order valence-corrected chi connectivity index (χ4v) is 2.35. The average Bonchev–Trinajstić information content (AvgIpc) is 2.93. The van der Waals surface area contributed by atoms with Crippen molar-refractivity contribution in [2.45, 2.75) is 19.8 Å². The highest BCUT2D eigenvalue weighted by molar-refractivity contribution is 5.99. The number of hydrogen-bond acceptors (Lipinski definition) is 4. The molecule has 1 saturated heterocycles. The summed E-state index contributed by atoms with van der Waals surface area (Å²) in [6, 6.07) is 0. The van der Waals surface area contributed by atoms with Crippen molar-refractivity contribution in [2.24, 2.45) is 16.8 Å². The number of hydrogen-bond donors (Lipinski definition) is 1. The highest BCUT2D eigenvalue weighted by Gasteiger charge is 2.26. The maximum Gasteiger partial charge on any atom is 0.174 e. The summed E-state index contributed by atoms with van der Waals surface area (Å²) >= 11 is 0. The minimum atomic E-state index is 0.563. The van der Waals surface area contributed by atoms with Crippen LogP contribution in [0.15, 0.2) is 41.1 Å². The first kappa shape index (κ1) is 13.9. The van der Waals surface area contributed by atoms with Crippen LogP contribution in [0.4, 0.5) is 0 Å². The van der Waals surface area contributed by atoms with E-state index in [-0.39, 0.29) is 0 Å². The zero-order valence-corrected chi connectivity index (χ0v) is 11.6. The first-order valence-corrected chi connectivity index (χ1v) is 6.90. The Labute approximate surface area is 115 Å². The summed E-state index contributed by atoms with van der Waals surface area (Å²) < 4.78 is 0. The number of nitrogens with two attached hydrogens (primary N) is 1. The molecule has 1 fully saturated rings. The summed E-state index contributed by atoms with van der Waals surface area (Å²) in [5, 5.41) is 4.18. The predicted octanol–water partition coefficient (Wildman–Crippen LogP) is 2.06. The minimum Gasteiger partial charge on any atom is -0.389 e. The van der Waals surface area contributed by atoms with Crippen molar-refractivity contribution in [2.75, 3.05) is 26.2 Å². The zero-order chi connectivity index (χ0) is 13.7. The van der Waals surface area contributed by atoms with E-state index in [0.717, 1.165) is 49.5 Å². The van der Waals surface area contributed by atoms with Gasteiger partial charge < -0.3 is 15.5 Å². The third-order valence-corrected chi connectivity index (χ3v) is 3.78. The molecule has 0 atom stereocenters. The molecular formula is C15H23N3O. The van der Waals surface area contributed by atoms with Gasteiger partial charge in [0.1, 0.15) is 6.61 Å². The number of likely N-dealkylation sites (tertiary alicyclic amines) is 1. The molecule has 104 valence electrons. The van der Waals surface area contributed by atoms with Crippen LogP contribution in [0.25, 0.3) is 0 Å². The van der Waals surface area contributed by atoms with E-state index >= 15 is 0 Å². The molecule has 0 bridgehead atoms. The fraction of sp³-hybridized carbons (Fsp3) is 0.533. The molecule has 4 nitrogen and oxygen atoms in total. The van der Waals surface area contributed by atoms with Gasteiger partial charge in [-0.05, 0) is 32.2 Å². The smallest absolute Gasteiger partial charge is 0.174 e. The SMILES string of the molecule is C=C/C(C)=C\C=C1CON=C1N1CCC(CN)CC1. The summed E-state index contributed by atoms with van der Waals surface area (Å²) in [4.78, 5) is 7.55. The maximum atomic E-state index is 5.72. The summed E-state index contributed by atoms with van der Waals surface area (Å²) in [7, 11) is 0. The second-order valence-corrected chi connectivity index (χ2v) is 5.16. The Morgan fingerprint density at radius 3 is 2.89 bits per heavy atom. The Balaban J connectivity index is 2.01. The van der Waals surface area contributed by atoms with Gasteiger partial charge in [-0.15, -0.1) is 0 Å². The molecule has 4 heteroatoms. The molecule has 2 N–H and O–H groups in total. The maximum absolute atomic E-state index is 5.72. The standard InChI is InChI=1S/C15H23N3O/c1-3-12(2)4-5-14-11-19-17-15(14)18-8-6-13(10-16)7-9-18/h3-5,13H,1,6-11,16H2,2H3/b12-4-,14-5?. The zero-order valence-electron chi connectivity index (χ0n) is 11.6. The van der Waals surface area contributed by atoms with E-state index < -0.39 is 0 Å². The van der Waals surface area contributed by atoms with E-state index in [2.05, 4.69) is 28.8 Å². The number of oxime groups is 1. The Morgan fingerprint density at radius 2 is 2.26 bits per heavy atom. The van der Waals surface area contributed by atoms with Gasteiger partial charge in [-0.25, -0.2) is 0 Å². The van der Waals surface area contributed by atoms with Gasteiger partial charge in [0, 0.05) is 18.7 Å². The molecule has 0 aromatic heterocycles. The fourth-order valence-electron chi connectivity index (χ4n) is 2.35. The van der Waals surface area contributed by atoms with Crippen LogP contribution in [0.3, 0.4) is 0 Å². The van der Waals surface area contributed by atoms with Gasteiger partial charge in [-0.3, -0.25) is 0 Å². The molecule has 19 heavy (non-hydrogen) atoms. The lowest BCUT2D eigenvalue weighted by atomic mass is 9.96. The van der Waals surface area contributed by atoms with Crippen LogP contribution >= 0.6 is 0 Å².